The van der Waals surface area contributed by atoms with E-state index >= 15 is 0 Å². The first-order valence-electron chi connectivity index (χ1n) is 11.0. The summed E-state index contributed by atoms with van der Waals surface area (Å²) in [6.45, 7) is 4.28. The molecule has 2 aromatic carbocycles. The van der Waals surface area contributed by atoms with Crippen molar-refractivity contribution in [3.05, 3.63) is 99.7 Å². The Morgan fingerprint density at radius 3 is 2.53 bits per heavy atom. The maximum absolute atomic E-state index is 12.3. The molecule has 9 heteroatoms. The number of hydrogen-bond donors (Lipinski definition) is 1. The molecule has 4 aromatic rings. The van der Waals surface area contributed by atoms with Crippen molar-refractivity contribution in [2.24, 2.45) is 5.10 Å². The van der Waals surface area contributed by atoms with E-state index in [0.29, 0.717) is 21.7 Å². The van der Waals surface area contributed by atoms with Crippen molar-refractivity contribution in [3.8, 4) is 23.3 Å². The molecular weight excluding hydrogens is 524 g/mol. The smallest absolute Gasteiger partial charge is 0.307 e. The van der Waals surface area contributed by atoms with Crippen LogP contribution >= 0.6 is 15.9 Å². The second-order valence-electron chi connectivity index (χ2n) is 7.84. The molecule has 8 nitrogen and oxygen atoms in total. The lowest BCUT2D eigenvalue weighted by molar-refractivity contribution is 0.0923. The van der Waals surface area contributed by atoms with E-state index in [0.717, 1.165) is 11.3 Å². The van der Waals surface area contributed by atoms with E-state index in [-0.39, 0.29) is 19.0 Å². The fourth-order valence-corrected chi connectivity index (χ4v) is 4.06. The number of nitriles is 1. The van der Waals surface area contributed by atoms with Crippen LogP contribution in [-0.2, 0) is 6.61 Å². The van der Waals surface area contributed by atoms with Crippen LogP contribution in [0.1, 0.15) is 33.3 Å². The molecule has 1 N–H and O–H groups in total. The maximum atomic E-state index is 12.3. The summed E-state index contributed by atoms with van der Waals surface area (Å²) in [6.07, 6.45) is 1.49. The van der Waals surface area contributed by atoms with Gasteiger partial charge in [-0.1, -0.05) is 0 Å². The van der Waals surface area contributed by atoms with Gasteiger partial charge in [0.25, 0.3) is 0 Å². The first-order valence-corrected chi connectivity index (χ1v) is 11.8. The molecule has 4 rings (SSSR count). The van der Waals surface area contributed by atoms with Gasteiger partial charge in [0, 0.05) is 17.1 Å². The molecule has 36 heavy (non-hydrogen) atoms. The van der Waals surface area contributed by atoms with Crippen LogP contribution in [0.2, 0.25) is 0 Å². The minimum atomic E-state index is -0.479. The fourth-order valence-electron chi connectivity index (χ4n) is 3.54. The third-order valence-electron chi connectivity index (χ3n) is 5.26. The summed E-state index contributed by atoms with van der Waals surface area (Å²) >= 11 is 3.38. The number of benzene rings is 2. The second-order valence-corrected chi connectivity index (χ2v) is 8.69. The number of amides is 1. The first-order chi connectivity index (χ1) is 17.4. The molecule has 0 saturated carbocycles. The third-order valence-corrected chi connectivity index (χ3v) is 5.88. The third kappa shape index (κ3) is 6.03. The summed E-state index contributed by atoms with van der Waals surface area (Å²) in [4.78, 5) is 12.3. The highest BCUT2D eigenvalue weighted by atomic mass is 79.9. The van der Waals surface area contributed by atoms with Crippen LogP contribution in [0.4, 0.5) is 0 Å². The highest BCUT2D eigenvalue weighted by Crippen LogP contribution is 2.25. The summed E-state index contributed by atoms with van der Waals surface area (Å²) in [5.74, 6) is 1.41. The molecule has 0 aliphatic carbocycles. The topological polar surface area (TPSA) is 102 Å². The Hall–Kier alpha value is -4.29. The van der Waals surface area contributed by atoms with E-state index in [4.69, 9.17) is 19.2 Å². The number of nitrogens with zero attached hydrogens (tertiary/aromatic N) is 3. The molecule has 0 bridgehead atoms. The number of hydrogen-bond acceptors (Lipinski definition) is 6. The van der Waals surface area contributed by atoms with Crippen molar-refractivity contribution < 1.29 is 18.7 Å². The van der Waals surface area contributed by atoms with Crippen LogP contribution in [0, 0.1) is 25.2 Å². The molecular formula is C27H23BrN4O4. The van der Waals surface area contributed by atoms with Crippen molar-refractivity contribution in [2.75, 3.05) is 6.61 Å². The number of hydrazone groups is 1. The minimum absolute atomic E-state index is 0.0433. The van der Waals surface area contributed by atoms with E-state index in [1.54, 1.807) is 30.3 Å². The first kappa shape index (κ1) is 24.8. The predicted molar refractivity (Wildman–Crippen MR) is 139 cm³/mol. The summed E-state index contributed by atoms with van der Waals surface area (Å²) < 4.78 is 19.5. The normalized spacial score (nSPS) is 10.8. The van der Waals surface area contributed by atoms with Gasteiger partial charge in [0.05, 0.1) is 10.7 Å². The van der Waals surface area contributed by atoms with E-state index in [1.807, 2.05) is 30.3 Å². The Kier molecular flexibility index (Phi) is 7.88. The van der Waals surface area contributed by atoms with Crippen LogP contribution in [0.25, 0.3) is 5.69 Å². The van der Waals surface area contributed by atoms with Gasteiger partial charge in [-0.2, -0.15) is 10.4 Å². The van der Waals surface area contributed by atoms with Crippen LogP contribution in [0.15, 0.2) is 80.7 Å². The molecule has 1 amide bonds. The Labute approximate surface area is 216 Å². The Bertz CT molecular complexity index is 1410. The van der Waals surface area contributed by atoms with Crippen LogP contribution < -0.4 is 14.9 Å². The summed E-state index contributed by atoms with van der Waals surface area (Å²) in [7, 11) is 0. The van der Waals surface area contributed by atoms with Gasteiger partial charge >= 0.3 is 5.91 Å². The van der Waals surface area contributed by atoms with E-state index in [1.165, 1.54) is 17.6 Å². The zero-order valence-corrected chi connectivity index (χ0v) is 21.3. The number of ether oxygens (including phenoxy) is 2. The van der Waals surface area contributed by atoms with Gasteiger partial charge in [-0.3, -0.25) is 4.79 Å². The molecule has 0 aliphatic heterocycles. The molecule has 0 radical (unpaired) electrons. The second kappa shape index (κ2) is 11.4. The molecule has 2 heterocycles. The van der Waals surface area contributed by atoms with Crippen molar-refractivity contribution >= 4 is 28.1 Å². The number of halogens is 1. The number of carbonyl (C=O) groups excluding carboxylic acids is 1. The van der Waals surface area contributed by atoms with Gasteiger partial charge in [-0.15, -0.1) is 0 Å². The van der Waals surface area contributed by atoms with Gasteiger partial charge in [0.15, 0.2) is 12.4 Å². The van der Waals surface area contributed by atoms with Gasteiger partial charge in [0.1, 0.15) is 29.9 Å². The molecule has 0 unspecified atom stereocenters. The average molecular weight is 547 g/mol. The molecule has 0 atom stereocenters. The van der Waals surface area contributed by atoms with Gasteiger partial charge in [-0.05, 0) is 102 Å². The van der Waals surface area contributed by atoms with Crippen molar-refractivity contribution in [1.82, 2.24) is 9.99 Å². The van der Waals surface area contributed by atoms with Crippen molar-refractivity contribution in [1.29, 1.82) is 5.26 Å². The van der Waals surface area contributed by atoms with Crippen molar-refractivity contribution in [3.63, 3.8) is 0 Å². The van der Waals surface area contributed by atoms with E-state index in [2.05, 4.69) is 57.0 Å². The number of nitrogens with one attached hydrogen (secondary N) is 1. The lowest BCUT2D eigenvalue weighted by Crippen LogP contribution is -2.16. The maximum Gasteiger partial charge on any atom is 0.307 e. The number of rotatable bonds is 9. The number of aryl methyl sites for hydroxylation is 2. The zero-order chi connectivity index (χ0) is 25.5. The fraction of sp³-hybridized carbons (Fsp3) is 0.148. The summed E-state index contributed by atoms with van der Waals surface area (Å²) in [5, 5.41) is 12.6. The Balaban J connectivity index is 1.29. The molecule has 0 fully saturated rings. The van der Waals surface area contributed by atoms with Crippen LogP contribution in [0.5, 0.6) is 11.5 Å². The lowest BCUT2D eigenvalue weighted by Gasteiger charge is -2.10. The van der Waals surface area contributed by atoms with Crippen LogP contribution in [0.3, 0.4) is 0 Å². The highest BCUT2D eigenvalue weighted by molar-refractivity contribution is 9.10. The lowest BCUT2D eigenvalue weighted by atomic mass is 10.2. The molecule has 0 aliphatic rings. The van der Waals surface area contributed by atoms with E-state index in [9.17, 15) is 4.79 Å². The number of aromatic nitrogens is 1. The molecule has 0 saturated heterocycles. The molecule has 182 valence electrons. The highest BCUT2D eigenvalue weighted by Gasteiger charge is 2.11. The van der Waals surface area contributed by atoms with Gasteiger partial charge in [-0.25, -0.2) is 5.43 Å². The van der Waals surface area contributed by atoms with Gasteiger partial charge < -0.3 is 18.5 Å². The van der Waals surface area contributed by atoms with Crippen LogP contribution in [-0.4, -0.2) is 23.3 Å². The Morgan fingerprint density at radius 2 is 1.83 bits per heavy atom. The average Bonchev–Trinajstić information content (AvgIpc) is 3.49. The number of carbonyl (C=O) groups is 1. The predicted octanol–water partition coefficient (Wildman–Crippen LogP) is 5.69. The minimum Gasteiger partial charge on any atom is -0.486 e. The summed E-state index contributed by atoms with van der Waals surface area (Å²) in [6, 6.07) is 22.4. The molecule has 0 spiro atoms. The Morgan fingerprint density at radius 1 is 1.08 bits per heavy atom. The van der Waals surface area contributed by atoms with Gasteiger partial charge in [0.2, 0.25) is 0 Å². The standard InChI is InChI=1S/C27H23BrN4O4/c1-18-3-4-19(2)32(18)21-6-8-22(9-7-21)35-17-23-10-12-26(36-23)27(33)31-30-16-20-5-11-25(24(28)15-20)34-14-13-29/h3-12,15-16H,14,17H2,1-2H3,(H,31,33)/b30-16+. The van der Waals surface area contributed by atoms with E-state index < -0.39 is 5.91 Å². The molecule has 2 aromatic heterocycles. The SMILES string of the molecule is Cc1ccc(C)n1-c1ccc(OCc2ccc(C(=O)N/N=C/c3ccc(OCC#N)c(Br)c3)o2)cc1. The zero-order valence-electron chi connectivity index (χ0n) is 19.7. The number of furan rings is 1. The monoisotopic (exact) mass is 546 g/mol. The summed E-state index contributed by atoms with van der Waals surface area (Å²) in [5.41, 5.74) is 6.56. The van der Waals surface area contributed by atoms with Crippen molar-refractivity contribution in [2.45, 2.75) is 20.5 Å². The largest absolute Gasteiger partial charge is 0.486 e. The quantitative estimate of drug-likeness (QED) is 0.214.